The van der Waals surface area contributed by atoms with E-state index in [4.69, 9.17) is 4.74 Å². The van der Waals surface area contributed by atoms with E-state index in [2.05, 4.69) is 52.0 Å². The van der Waals surface area contributed by atoms with E-state index in [0.717, 1.165) is 86.2 Å². The minimum atomic E-state index is -0.943. The van der Waals surface area contributed by atoms with Gasteiger partial charge in [-0.15, -0.1) is 0 Å². The summed E-state index contributed by atoms with van der Waals surface area (Å²) in [6, 6.07) is 21.1. The average molecular weight is 541 g/mol. The molecule has 2 heterocycles. The minimum absolute atomic E-state index is 0.598. The number of para-hydroxylation sites is 1. The van der Waals surface area contributed by atoms with Crippen LogP contribution >= 0.6 is 0 Å². The topological polar surface area (TPSA) is 61.2 Å². The van der Waals surface area contributed by atoms with E-state index in [1.165, 1.54) is 34.2 Å². The van der Waals surface area contributed by atoms with E-state index in [0.29, 0.717) is 6.04 Å². The van der Waals surface area contributed by atoms with Crippen molar-refractivity contribution < 1.29 is 14.6 Å². The fourth-order valence-electron chi connectivity index (χ4n) is 6.88. The third kappa shape index (κ3) is 5.04. The number of hydrogen-bond acceptors (Lipinski definition) is 5. The van der Waals surface area contributed by atoms with Gasteiger partial charge in [0.2, 0.25) is 0 Å². The van der Waals surface area contributed by atoms with Crippen molar-refractivity contribution in [3.63, 3.8) is 0 Å². The largest absolute Gasteiger partial charge is 0.496 e. The van der Waals surface area contributed by atoms with Crippen molar-refractivity contribution >= 4 is 33.6 Å². The Morgan fingerprint density at radius 2 is 1.77 bits per heavy atom. The van der Waals surface area contributed by atoms with E-state index in [1.54, 1.807) is 7.11 Å². The van der Waals surface area contributed by atoms with Gasteiger partial charge in [0.15, 0.2) is 0 Å². The molecule has 1 N–H and O–H groups in total. The van der Waals surface area contributed by atoms with E-state index in [-0.39, 0.29) is 0 Å². The van der Waals surface area contributed by atoms with E-state index >= 15 is 0 Å². The molecule has 4 aromatic rings. The van der Waals surface area contributed by atoms with Crippen LogP contribution in [-0.2, 0) is 12.8 Å². The third-order valence-corrected chi connectivity index (χ3v) is 8.95. The van der Waals surface area contributed by atoms with E-state index < -0.39 is 6.09 Å². The molecule has 1 aliphatic carbocycles. The molecule has 0 bridgehead atoms. The molecule has 0 radical (unpaired) electrons. The summed E-state index contributed by atoms with van der Waals surface area (Å²) in [5.41, 5.74) is 5.51. The maximum Gasteiger partial charge on any atom is 0.416 e. The number of carboxylic acid groups (broad SMARTS) is 1. The van der Waals surface area contributed by atoms with Crippen molar-refractivity contribution in [2.24, 2.45) is 0 Å². The fourth-order valence-corrected chi connectivity index (χ4v) is 6.88. The predicted octanol–water partition coefficient (Wildman–Crippen LogP) is 5.72. The smallest absolute Gasteiger partial charge is 0.416 e. The molecule has 1 aromatic heterocycles. The second-order valence-electron chi connectivity index (χ2n) is 11.2. The summed E-state index contributed by atoms with van der Waals surface area (Å²) in [6.45, 7) is 9.68. The van der Waals surface area contributed by atoms with Crippen molar-refractivity contribution in [2.75, 3.05) is 57.8 Å². The zero-order chi connectivity index (χ0) is 27.6. The quantitative estimate of drug-likeness (QED) is 0.308. The number of carbonyl (C=O) groups is 1. The summed E-state index contributed by atoms with van der Waals surface area (Å²) in [6.07, 6.45) is 3.64. The molecular weight excluding hydrogens is 500 g/mol. The lowest BCUT2D eigenvalue weighted by Gasteiger charge is -2.39. The van der Waals surface area contributed by atoms with Crippen LogP contribution in [-0.4, -0.2) is 84.5 Å². The maximum absolute atomic E-state index is 12.0. The van der Waals surface area contributed by atoms with Crippen molar-refractivity contribution in [1.82, 2.24) is 14.4 Å². The Labute approximate surface area is 236 Å². The van der Waals surface area contributed by atoms with Gasteiger partial charge in [0.1, 0.15) is 5.75 Å². The molecule has 1 atom stereocenters. The van der Waals surface area contributed by atoms with Gasteiger partial charge in [0.05, 0.1) is 18.1 Å². The Morgan fingerprint density at radius 1 is 0.975 bits per heavy atom. The van der Waals surface area contributed by atoms with Gasteiger partial charge >= 0.3 is 6.09 Å². The first-order valence-corrected chi connectivity index (χ1v) is 14.7. The number of piperazine rings is 1. The number of aromatic nitrogens is 1. The highest BCUT2D eigenvalue weighted by atomic mass is 16.5. The monoisotopic (exact) mass is 540 g/mol. The highest BCUT2D eigenvalue weighted by molar-refractivity contribution is 6.13. The van der Waals surface area contributed by atoms with Crippen molar-refractivity contribution in [2.45, 2.75) is 38.6 Å². The molecule has 0 spiro atoms. The minimum Gasteiger partial charge on any atom is -0.496 e. The van der Waals surface area contributed by atoms with Crippen LogP contribution in [0.15, 0.2) is 60.7 Å². The molecule has 210 valence electrons. The first-order valence-electron chi connectivity index (χ1n) is 14.7. The van der Waals surface area contributed by atoms with Crippen LogP contribution in [0.1, 0.15) is 30.9 Å². The summed E-state index contributed by atoms with van der Waals surface area (Å²) in [7, 11) is 1.78. The van der Waals surface area contributed by atoms with Crippen LogP contribution in [0.3, 0.4) is 0 Å². The molecule has 7 heteroatoms. The number of anilines is 1. The molecule has 0 saturated carbocycles. The van der Waals surface area contributed by atoms with Gasteiger partial charge in [-0.1, -0.05) is 37.3 Å². The van der Waals surface area contributed by atoms with Crippen molar-refractivity contribution in [3.8, 4) is 5.75 Å². The van der Waals surface area contributed by atoms with E-state index in [1.807, 2.05) is 30.3 Å². The highest BCUT2D eigenvalue weighted by Crippen LogP contribution is 2.33. The first-order chi connectivity index (χ1) is 19.6. The highest BCUT2D eigenvalue weighted by Gasteiger charge is 2.27. The number of fused-ring (bicyclic) bond motifs is 4. The van der Waals surface area contributed by atoms with Crippen LogP contribution in [0.25, 0.3) is 21.8 Å². The number of nitrogens with zero attached hydrogens (tertiary/aromatic N) is 4. The standard InChI is InChI=1S/C33H40N4O3/c1-3-15-35(25-11-13-27-24(22-25)7-6-10-32(27)40-2)19-16-34-17-20-36(21-18-34)26-12-14-31-29(23-26)28-8-4-5-9-30(28)37(31)33(38)39/h4-10,12,14,23,25H,3,11,13,15-22H2,1-2H3,(H,38,39). The van der Waals surface area contributed by atoms with Crippen LogP contribution in [0.2, 0.25) is 0 Å². The molecule has 1 saturated heterocycles. The Hall–Kier alpha value is -3.55. The van der Waals surface area contributed by atoms with E-state index in [9.17, 15) is 9.90 Å². The number of rotatable bonds is 8. The van der Waals surface area contributed by atoms with Crippen LogP contribution < -0.4 is 9.64 Å². The van der Waals surface area contributed by atoms with Crippen LogP contribution in [0.5, 0.6) is 5.75 Å². The number of hydrogen-bond donors (Lipinski definition) is 1. The van der Waals surface area contributed by atoms with Crippen LogP contribution in [0, 0.1) is 0 Å². The molecule has 6 rings (SSSR count). The Morgan fingerprint density at radius 3 is 2.55 bits per heavy atom. The molecule has 2 aliphatic rings. The summed E-state index contributed by atoms with van der Waals surface area (Å²) in [4.78, 5) is 19.8. The molecule has 1 aliphatic heterocycles. The Balaban J connectivity index is 1.09. The Bertz CT molecular complexity index is 1500. The SMILES string of the molecule is CCCN(CCN1CCN(c2ccc3c(c2)c2ccccc2n3C(=O)O)CC1)C1CCc2c(cccc2OC)C1. The predicted molar refractivity (Wildman–Crippen MR) is 162 cm³/mol. The lowest BCUT2D eigenvalue weighted by atomic mass is 9.86. The number of methoxy groups -OCH3 is 1. The second kappa shape index (κ2) is 11.5. The fraction of sp³-hybridized carbons (Fsp3) is 0.424. The van der Waals surface area contributed by atoms with Gasteiger partial charge in [-0.3, -0.25) is 9.80 Å². The molecule has 0 amide bonds. The lowest BCUT2D eigenvalue weighted by molar-refractivity contribution is 0.145. The van der Waals surface area contributed by atoms with Gasteiger partial charge in [-0.25, -0.2) is 9.36 Å². The zero-order valence-electron chi connectivity index (χ0n) is 23.7. The summed E-state index contributed by atoms with van der Waals surface area (Å²) in [5.74, 6) is 1.04. The molecule has 3 aromatic carbocycles. The van der Waals surface area contributed by atoms with Crippen molar-refractivity contribution in [1.29, 1.82) is 0 Å². The average Bonchev–Trinajstić information content (AvgIpc) is 3.33. The van der Waals surface area contributed by atoms with Gasteiger partial charge in [0.25, 0.3) is 0 Å². The zero-order valence-corrected chi connectivity index (χ0v) is 23.7. The lowest BCUT2D eigenvalue weighted by Crippen LogP contribution is -2.50. The van der Waals surface area contributed by atoms with Crippen molar-refractivity contribution in [3.05, 3.63) is 71.8 Å². The summed E-state index contributed by atoms with van der Waals surface area (Å²) < 4.78 is 7.02. The maximum atomic E-state index is 12.0. The molecule has 1 unspecified atom stereocenters. The van der Waals surface area contributed by atoms with Crippen LogP contribution in [0.4, 0.5) is 10.5 Å². The van der Waals surface area contributed by atoms with Gasteiger partial charge in [-0.05, 0) is 73.7 Å². The molecule has 1 fully saturated rings. The summed E-state index contributed by atoms with van der Waals surface area (Å²) in [5, 5.41) is 11.8. The third-order valence-electron chi connectivity index (χ3n) is 8.95. The normalized spacial score (nSPS) is 18.0. The molecular formula is C33H40N4O3. The second-order valence-corrected chi connectivity index (χ2v) is 11.2. The molecule has 7 nitrogen and oxygen atoms in total. The van der Waals surface area contributed by atoms with Gasteiger partial charge in [-0.2, -0.15) is 0 Å². The number of benzene rings is 3. The first kappa shape index (κ1) is 26.7. The van der Waals surface area contributed by atoms with Gasteiger partial charge in [0, 0.05) is 61.8 Å². The van der Waals surface area contributed by atoms with Gasteiger partial charge < -0.3 is 14.7 Å². The number of ether oxygens (including phenoxy) is 1. The Kier molecular flexibility index (Phi) is 7.67. The summed E-state index contributed by atoms with van der Waals surface area (Å²) >= 11 is 0. The molecule has 40 heavy (non-hydrogen) atoms.